The van der Waals surface area contributed by atoms with Crippen LogP contribution in [0.5, 0.6) is 0 Å². The van der Waals surface area contributed by atoms with E-state index >= 15 is 0 Å². The number of fused-ring (bicyclic) bond motifs is 1. The quantitative estimate of drug-likeness (QED) is 0.384. The van der Waals surface area contributed by atoms with E-state index < -0.39 is 9.84 Å². The van der Waals surface area contributed by atoms with Crippen LogP contribution in [0, 0.1) is 0 Å². The minimum absolute atomic E-state index is 0.0738. The lowest BCUT2D eigenvalue weighted by atomic mass is 10.3. The van der Waals surface area contributed by atoms with E-state index in [1.165, 1.54) is 11.3 Å². The van der Waals surface area contributed by atoms with Crippen LogP contribution in [-0.4, -0.2) is 41.4 Å². The van der Waals surface area contributed by atoms with E-state index in [-0.39, 0.29) is 29.4 Å². The molecule has 2 aromatic carbocycles. The number of hydrogen-bond acceptors (Lipinski definition) is 6. The number of sulfone groups is 1. The van der Waals surface area contributed by atoms with Crippen molar-refractivity contribution in [3.05, 3.63) is 73.1 Å². The minimum atomic E-state index is -3.41. The van der Waals surface area contributed by atoms with Gasteiger partial charge in [-0.05, 0) is 36.8 Å². The van der Waals surface area contributed by atoms with Gasteiger partial charge in [-0.15, -0.1) is 0 Å². The molecule has 0 N–H and O–H groups in total. The Morgan fingerprint density at radius 2 is 1.81 bits per heavy atom. The average Bonchev–Trinajstić information content (AvgIpc) is 3.44. The molecule has 7 nitrogen and oxygen atoms in total. The van der Waals surface area contributed by atoms with Gasteiger partial charge in [0.25, 0.3) is 0 Å². The highest BCUT2D eigenvalue weighted by Crippen LogP contribution is 2.29. The van der Waals surface area contributed by atoms with Crippen LogP contribution in [0.2, 0.25) is 0 Å². The van der Waals surface area contributed by atoms with Crippen molar-refractivity contribution in [2.24, 2.45) is 0 Å². The summed E-state index contributed by atoms with van der Waals surface area (Å²) in [6, 6.07) is 17.9. The Morgan fingerprint density at radius 3 is 2.55 bits per heavy atom. The number of amides is 1. The molecule has 4 aromatic rings. The van der Waals surface area contributed by atoms with E-state index in [1.807, 2.05) is 36.5 Å². The highest BCUT2D eigenvalue weighted by atomic mass is 32.2. The number of benzene rings is 2. The van der Waals surface area contributed by atoms with Crippen LogP contribution in [0.25, 0.3) is 10.2 Å². The molecule has 0 radical (unpaired) electrons. The topological polar surface area (TPSA) is 85.2 Å². The van der Waals surface area contributed by atoms with Crippen molar-refractivity contribution >= 4 is 42.4 Å². The lowest BCUT2D eigenvalue weighted by molar-refractivity contribution is -0.118. The van der Waals surface area contributed by atoms with E-state index in [2.05, 4.69) is 10.1 Å². The summed E-state index contributed by atoms with van der Waals surface area (Å²) < 4.78 is 27.8. The van der Waals surface area contributed by atoms with Crippen LogP contribution in [0.3, 0.4) is 0 Å². The molecular weight excluding hydrogens is 432 g/mol. The Bertz CT molecular complexity index is 1220. The van der Waals surface area contributed by atoms with Crippen LogP contribution in [0.15, 0.2) is 78.0 Å². The molecule has 2 heterocycles. The maximum Gasteiger partial charge on any atom is 0.228 e. The SMILES string of the molecule is O=C(CCCS(=O)(=O)c1ccccc1)N(CCn1cccn1)c1nc2ccccc2s1. The summed E-state index contributed by atoms with van der Waals surface area (Å²) in [7, 11) is -3.41. The zero-order valence-corrected chi connectivity index (χ0v) is 18.4. The molecule has 0 atom stereocenters. The van der Waals surface area contributed by atoms with E-state index in [4.69, 9.17) is 0 Å². The fourth-order valence-electron chi connectivity index (χ4n) is 3.23. The van der Waals surface area contributed by atoms with Gasteiger partial charge in [0, 0.05) is 25.4 Å². The summed E-state index contributed by atoms with van der Waals surface area (Å²) >= 11 is 1.45. The van der Waals surface area contributed by atoms with Gasteiger partial charge in [0.2, 0.25) is 5.91 Å². The van der Waals surface area contributed by atoms with Crippen LogP contribution in [0.4, 0.5) is 5.13 Å². The van der Waals surface area contributed by atoms with Crippen molar-refractivity contribution in [2.45, 2.75) is 24.3 Å². The second-order valence-electron chi connectivity index (χ2n) is 7.01. The van der Waals surface area contributed by atoms with Crippen LogP contribution < -0.4 is 4.90 Å². The Kier molecular flexibility index (Phi) is 6.43. The first kappa shape index (κ1) is 21.2. The summed E-state index contributed by atoms with van der Waals surface area (Å²) in [6.07, 6.45) is 3.91. The zero-order chi connectivity index (χ0) is 21.7. The smallest absolute Gasteiger partial charge is 0.228 e. The van der Waals surface area contributed by atoms with Crippen molar-refractivity contribution in [2.75, 3.05) is 17.2 Å². The Balaban J connectivity index is 1.47. The van der Waals surface area contributed by atoms with Gasteiger partial charge in [0.1, 0.15) is 0 Å². The maximum absolute atomic E-state index is 13.1. The van der Waals surface area contributed by atoms with Crippen molar-refractivity contribution < 1.29 is 13.2 Å². The Hall–Kier alpha value is -3.04. The van der Waals surface area contributed by atoms with Gasteiger partial charge in [-0.3, -0.25) is 14.4 Å². The molecule has 0 unspecified atom stereocenters. The summed E-state index contributed by atoms with van der Waals surface area (Å²) in [4.78, 5) is 19.6. The molecule has 0 aliphatic rings. The zero-order valence-electron chi connectivity index (χ0n) is 16.8. The van der Waals surface area contributed by atoms with Gasteiger partial charge >= 0.3 is 0 Å². The van der Waals surface area contributed by atoms with Gasteiger partial charge in [0.15, 0.2) is 15.0 Å². The standard InChI is InChI=1S/C22H22N4O3S2/c27-21(12-6-17-31(28,29)18-8-2-1-3-9-18)26(16-15-25-14-7-13-23-25)22-24-19-10-4-5-11-20(19)30-22/h1-5,7-11,13-14H,6,12,15-17H2. The van der Waals surface area contributed by atoms with Crippen molar-refractivity contribution in [3.63, 3.8) is 0 Å². The molecule has 31 heavy (non-hydrogen) atoms. The molecular formula is C22H22N4O3S2. The molecule has 160 valence electrons. The molecule has 1 amide bonds. The highest BCUT2D eigenvalue weighted by molar-refractivity contribution is 7.91. The number of thiazole rings is 1. The largest absolute Gasteiger partial charge is 0.286 e. The molecule has 4 rings (SSSR count). The minimum Gasteiger partial charge on any atom is -0.286 e. The Labute approximate surface area is 184 Å². The van der Waals surface area contributed by atoms with Crippen molar-refractivity contribution in [1.29, 1.82) is 0 Å². The third-order valence-electron chi connectivity index (χ3n) is 4.83. The van der Waals surface area contributed by atoms with Crippen LogP contribution in [0.1, 0.15) is 12.8 Å². The third-order valence-corrected chi connectivity index (χ3v) is 7.71. The number of anilines is 1. The lowest BCUT2D eigenvalue weighted by Crippen LogP contribution is -2.34. The first-order valence-electron chi connectivity index (χ1n) is 9.94. The number of rotatable bonds is 9. The predicted octanol–water partition coefficient (Wildman–Crippen LogP) is 3.78. The molecule has 2 aromatic heterocycles. The lowest BCUT2D eigenvalue weighted by Gasteiger charge is -2.20. The summed E-state index contributed by atoms with van der Waals surface area (Å²) in [5.74, 6) is -0.218. The summed E-state index contributed by atoms with van der Waals surface area (Å²) in [6.45, 7) is 0.933. The monoisotopic (exact) mass is 454 g/mol. The molecule has 0 saturated carbocycles. The van der Waals surface area contributed by atoms with E-state index in [0.717, 1.165) is 10.2 Å². The average molecular weight is 455 g/mol. The fourth-order valence-corrected chi connectivity index (χ4v) is 5.57. The van der Waals surface area contributed by atoms with E-state index in [1.54, 1.807) is 46.1 Å². The molecule has 0 aliphatic carbocycles. The molecule has 9 heteroatoms. The highest BCUT2D eigenvalue weighted by Gasteiger charge is 2.21. The van der Waals surface area contributed by atoms with Crippen molar-refractivity contribution in [3.8, 4) is 0 Å². The predicted molar refractivity (Wildman–Crippen MR) is 122 cm³/mol. The van der Waals surface area contributed by atoms with Gasteiger partial charge in [0.05, 0.1) is 27.4 Å². The normalized spacial score (nSPS) is 11.6. The van der Waals surface area contributed by atoms with E-state index in [0.29, 0.717) is 18.2 Å². The van der Waals surface area contributed by atoms with Crippen molar-refractivity contribution in [1.82, 2.24) is 14.8 Å². The summed E-state index contributed by atoms with van der Waals surface area (Å²) in [5.41, 5.74) is 0.839. The first-order chi connectivity index (χ1) is 15.0. The second-order valence-corrected chi connectivity index (χ2v) is 10.1. The number of carbonyl (C=O) groups excluding carboxylic acids is 1. The second kappa shape index (κ2) is 9.40. The van der Waals surface area contributed by atoms with Gasteiger partial charge < -0.3 is 0 Å². The van der Waals surface area contributed by atoms with E-state index in [9.17, 15) is 13.2 Å². The first-order valence-corrected chi connectivity index (χ1v) is 12.4. The number of carbonyl (C=O) groups is 1. The maximum atomic E-state index is 13.1. The van der Waals surface area contributed by atoms with Crippen LogP contribution >= 0.6 is 11.3 Å². The Morgan fingerprint density at radius 1 is 1.03 bits per heavy atom. The number of para-hydroxylation sites is 1. The third kappa shape index (κ3) is 5.18. The number of nitrogens with zero attached hydrogens (tertiary/aromatic N) is 4. The summed E-state index contributed by atoms with van der Waals surface area (Å²) in [5, 5.41) is 4.81. The molecule has 0 fully saturated rings. The number of aromatic nitrogens is 3. The van der Waals surface area contributed by atoms with Gasteiger partial charge in [-0.2, -0.15) is 5.10 Å². The fraction of sp³-hybridized carbons (Fsp3) is 0.227. The number of hydrogen-bond donors (Lipinski definition) is 0. The molecule has 0 aliphatic heterocycles. The van der Waals surface area contributed by atoms with Gasteiger partial charge in [-0.1, -0.05) is 41.7 Å². The molecule has 0 saturated heterocycles. The molecule has 0 bridgehead atoms. The molecule has 0 spiro atoms. The van der Waals surface area contributed by atoms with Gasteiger partial charge in [-0.25, -0.2) is 13.4 Å². The van der Waals surface area contributed by atoms with Crippen LogP contribution in [-0.2, 0) is 21.2 Å².